The summed E-state index contributed by atoms with van der Waals surface area (Å²) in [4.78, 5) is 2.40. The van der Waals surface area contributed by atoms with Crippen molar-refractivity contribution in [1.82, 2.24) is 15.1 Å². The third-order valence-electron chi connectivity index (χ3n) is 4.57. The molecule has 0 atom stereocenters. The third kappa shape index (κ3) is 3.41. The maximum absolute atomic E-state index is 13.0. The van der Waals surface area contributed by atoms with Crippen molar-refractivity contribution in [1.29, 1.82) is 0 Å². The number of piperidine rings is 1. The predicted octanol–water partition coefficient (Wildman–Crippen LogP) is 3.75. The van der Waals surface area contributed by atoms with E-state index in [1.54, 1.807) is 0 Å². The highest BCUT2D eigenvalue weighted by molar-refractivity contribution is 5.79. The largest absolute Gasteiger partial charge is 0.490 e. The smallest absolute Gasteiger partial charge is 0.123 e. The number of H-pyrrole nitrogens is 1. The summed E-state index contributed by atoms with van der Waals surface area (Å²) < 4.78 is 19.1. The average molecular weight is 325 g/mol. The molecule has 0 radical (unpaired) electrons. The fourth-order valence-electron chi connectivity index (χ4n) is 3.22. The SMILES string of the molecule is Fc1ccc(CN2CCC(Oc3ccc4[nH]ncc4c3)CC2)cc1. The lowest BCUT2D eigenvalue weighted by atomic mass is 10.1. The maximum Gasteiger partial charge on any atom is 0.123 e. The van der Waals surface area contributed by atoms with E-state index in [1.165, 1.54) is 12.1 Å². The van der Waals surface area contributed by atoms with Gasteiger partial charge in [-0.05, 0) is 48.7 Å². The van der Waals surface area contributed by atoms with E-state index in [0.29, 0.717) is 0 Å². The first kappa shape index (κ1) is 15.1. The van der Waals surface area contributed by atoms with Crippen molar-refractivity contribution >= 4 is 10.9 Å². The first-order valence-corrected chi connectivity index (χ1v) is 8.33. The van der Waals surface area contributed by atoms with Crippen LogP contribution in [0.15, 0.2) is 48.7 Å². The fourth-order valence-corrected chi connectivity index (χ4v) is 3.22. The number of halogens is 1. The quantitative estimate of drug-likeness (QED) is 0.794. The molecule has 2 heterocycles. The highest BCUT2D eigenvalue weighted by atomic mass is 19.1. The summed E-state index contributed by atoms with van der Waals surface area (Å²) in [6.45, 7) is 2.86. The van der Waals surface area contributed by atoms with Crippen molar-refractivity contribution in [2.75, 3.05) is 13.1 Å². The van der Waals surface area contributed by atoms with Gasteiger partial charge in [-0.2, -0.15) is 5.10 Å². The topological polar surface area (TPSA) is 41.1 Å². The van der Waals surface area contributed by atoms with Crippen LogP contribution < -0.4 is 4.74 Å². The van der Waals surface area contributed by atoms with Crippen LogP contribution in [-0.4, -0.2) is 34.3 Å². The van der Waals surface area contributed by atoms with Crippen LogP contribution in [-0.2, 0) is 6.54 Å². The molecule has 1 aliphatic rings. The molecule has 124 valence electrons. The maximum atomic E-state index is 13.0. The van der Waals surface area contributed by atoms with Crippen molar-refractivity contribution in [2.45, 2.75) is 25.5 Å². The second-order valence-electron chi connectivity index (χ2n) is 6.34. The molecule has 1 fully saturated rings. The molecule has 3 aromatic rings. The molecule has 1 N–H and O–H groups in total. The number of hydrogen-bond donors (Lipinski definition) is 1. The molecule has 1 aliphatic heterocycles. The first-order valence-electron chi connectivity index (χ1n) is 8.33. The predicted molar refractivity (Wildman–Crippen MR) is 91.4 cm³/mol. The summed E-state index contributed by atoms with van der Waals surface area (Å²) in [6, 6.07) is 12.8. The van der Waals surface area contributed by atoms with Gasteiger partial charge in [-0.1, -0.05) is 12.1 Å². The molecule has 0 bridgehead atoms. The summed E-state index contributed by atoms with van der Waals surface area (Å²) in [6.07, 6.45) is 4.07. The Bertz CT molecular complexity index is 807. The number of fused-ring (bicyclic) bond motifs is 1. The van der Waals surface area contributed by atoms with Crippen LogP contribution in [0.1, 0.15) is 18.4 Å². The van der Waals surface area contributed by atoms with E-state index in [2.05, 4.69) is 15.1 Å². The molecule has 5 heteroatoms. The van der Waals surface area contributed by atoms with Gasteiger partial charge in [0.2, 0.25) is 0 Å². The van der Waals surface area contributed by atoms with Crippen LogP contribution in [0.25, 0.3) is 10.9 Å². The van der Waals surface area contributed by atoms with Crippen LogP contribution >= 0.6 is 0 Å². The van der Waals surface area contributed by atoms with Gasteiger partial charge in [0.15, 0.2) is 0 Å². The zero-order valence-electron chi connectivity index (χ0n) is 13.4. The Hall–Kier alpha value is -2.40. The van der Waals surface area contributed by atoms with E-state index >= 15 is 0 Å². The second-order valence-corrected chi connectivity index (χ2v) is 6.34. The Morgan fingerprint density at radius 1 is 1.12 bits per heavy atom. The minimum atomic E-state index is -0.180. The number of nitrogens with zero attached hydrogens (tertiary/aromatic N) is 2. The van der Waals surface area contributed by atoms with E-state index in [-0.39, 0.29) is 11.9 Å². The highest BCUT2D eigenvalue weighted by Crippen LogP contribution is 2.23. The Labute approximate surface area is 140 Å². The van der Waals surface area contributed by atoms with Gasteiger partial charge in [0.1, 0.15) is 17.7 Å². The van der Waals surface area contributed by atoms with Crippen molar-refractivity contribution < 1.29 is 9.13 Å². The standard InChI is InChI=1S/C19H20FN3O/c20-16-3-1-14(2-4-16)13-23-9-7-17(8-10-23)24-18-5-6-19-15(11-18)12-21-22-19/h1-6,11-12,17H,7-10,13H2,(H,21,22). The van der Waals surface area contributed by atoms with Crippen LogP contribution in [0.3, 0.4) is 0 Å². The lowest BCUT2D eigenvalue weighted by Gasteiger charge is -2.32. The third-order valence-corrected chi connectivity index (χ3v) is 4.57. The molecule has 0 spiro atoms. The summed E-state index contributed by atoms with van der Waals surface area (Å²) in [5.41, 5.74) is 2.18. The molecule has 4 rings (SSSR count). The number of benzene rings is 2. The molecular weight excluding hydrogens is 305 g/mol. The van der Waals surface area contributed by atoms with E-state index in [0.717, 1.165) is 54.7 Å². The van der Waals surface area contributed by atoms with Gasteiger partial charge in [-0.25, -0.2) is 4.39 Å². The number of nitrogens with one attached hydrogen (secondary N) is 1. The van der Waals surface area contributed by atoms with Crippen molar-refractivity contribution in [3.63, 3.8) is 0 Å². The molecule has 24 heavy (non-hydrogen) atoms. The lowest BCUT2D eigenvalue weighted by Crippen LogP contribution is -2.37. The van der Waals surface area contributed by atoms with Crippen LogP contribution in [0.5, 0.6) is 5.75 Å². The molecular formula is C19H20FN3O. The highest BCUT2D eigenvalue weighted by Gasteiger charge is 2.20. The van der Waals surface area contributed by atoms with Gasteiger partial charge in [0.05, 0.1) is 11.7 Å². The summed E-state index contributed by atoms with van der Waals surface area (Å²) >= 11 is 0. The Balaban J connectivity index is 1.31. The van der Waals surface area contributed by atoms with Gasteiger partial charge in [0, 0.05) is 25.0 Å². The second kappa shape index (κ2) is 6.61. The Kier molecular flexibility index (Phi) is 4.17. The number of ether oxygens (including phenoxy) is 1. The van der Waals surface area contributed by atoms with E-state index in [4.69, 9.17) is 4.74 Å². The molecule has 0 amide bonds. The molecule has 4 nitrogen and oxygen atoms in total. The number of aromatic amines is 1. The van der Waals surface area contributed by atoms with Crippen molar-refractivity contribution in [3.8, 4) is 5.75 Å². The lowest BCUT2D eigenvalue weighted by molar-refractivity contribution is 0.0969. The Morgan fingerprint density at radius 2 is 1.92 bits per heavy atom. The summed E-state index contributed by atoms with van der Waals surface area (Å²) in [7, 11) is 0. The van der Waals surface area contributed by atoms with E-state index in [1.807, 2.05) is 36.5 Å². The number of aromatic nitrogens is 2. The molecule has 1 aromatic heterocycles. The summed E-state index contributed by atoms with van der Waals surface area (Å²) in [5.74, 6) is 0.723. The van der Waals surface area contributed by atoms with E-state index in [9.17, 15) is 4.39 Å². The fraction of sp³-hybridized carbons (Fsp3) is 0.316. The molecule has 0 saturated carbocycles. The minimum absolute atomic E-state index is 0.180. The number of rotatable bonds is 4. The molecule has 0 aliphatic carbocycles. The summed E-state index contributed by atoms with van der Waals surface area (Å²) in [5, 5.41) is 8.05. The first-order chi connectivity index (χ1) is 11.8. The van der Waals surface area contributed by atoms with Gasteiger partial charge in [0.25, 0.3) is 0 Å². The zero-order valence-corrected chi connectivity index (χ0v) is 13.4. The molecule has 0 unspecified atom stereocenters. The zero-order chi connectivity index (χ0) is 16.4. The molecule has 2 aromatic carbocycles. The molecule has 1 saturated heterocycles. The van der Waals surface area contributed by atoms with Gasteiger partial charge in [-0.15, -0.1) is 0 Å². The Morgan fingerprint density at radius 3 is 2.71 bits per heavy atom. The number of hydrogen-bond acceptors (Lipinski definition) is 3. The van der Waals surface area contributed by atoms with Crippen molar-refractivity contribution in [2.24, 2.45) is 0 Å². The normalized spacial score (nSPS) is 16.5. The van der Waals surface area contributed by atoms with Crippen LogP contribution in [0.4, 0.5) is 4.39 Å². The number of likely N-dealkylation sites (tertiary alicyclic amines) is 1. The van der Waals surface area contributed by atoms with Gasteiger partial charge in [-0.3, -0.25) is 10.00 Å². The van der Waals surface area contributed by atoms with Crippen LogP contribution in [0, 0.1) is 5.82 Å². The van der Waals surface area contributed by atoms with Crippen LogP contribution in [0.2, 0.25) is 0 Å². The average Bonchev–Trinajstić information content (AvgIpc) is 3.06. The van der Waals surface area contributed by atoms with Gasteiger partial charge >= 0.3 is 0 Å². The van der Waals surface area contributed by atoms with Gasteiger partial charge < -0.3 is 4.74 Å². The van der Waals surface area contributed by atoms with E-state index < -0.39 is 0 Å². The monoisotopic (exact) mass is 325 g/mol. The van der Waals surface area contributed by atoms with Crippen molar-refractivity contribution in [3.05, 3.63) is 60.0 Å². The minimum Gasteiger partial charge on any atom is -0.490 e.